The molecule has 3 heterocycles. The fourth-order valence-electron chi connectivity index (χ4n) is 4.38. The van der Waals surface area contributed by atoms with Crippen LogP contribution in [0.15, 0.2) is 79.1 Å². The van der Waals surface area contributed by atoms with Crippen molar-refractivity contribution in [3.8, 4) is 28.8 Å². The number of benzene rings is 2. The molecule has 0 fully saturated rings. The number of pyridine rings is 2. The van der Waals surface area contributed by atoms with Crippen LogP contribution in [0.5, 0.6) is 17.4 Å². The van der Waals surface area contributed by atoms with Gasteiger partial charge < -0.3 is 24.4 Å². The van der Waals surface area contributed by atoms with E-state index in [1.54, 1.807) is 39.8 Å². The lowest BCUT2D eigenvalue weighted by Crippen LogP contribution is -2.25. The minimum absolute atomic E-state index is 0.520. The minimum Gasteiger partial charge on any atom is -0.497 e. The number of hydrogen-bond acceptors (Lipinski definition) is 10. The van der Waals surface area contributed by atoms with E-state index in [0.717, 1.165) is 39.4 Å². The van der Waals surface area contributed by atoms with Crippen molar-refractivity contribution in [3.63, 3.8) is 0 Å². The highest BCUT2D eigenvalue weighted by Gasteiger charge is 2.18. The molecule has 0 atom stereocenters. The summed E-state index contributed by atoms with van der Waals surface area (Å²) in [6, 6.07) is 21.7. The Morgan fingerprint density at radius 3 is 1.88 bits per heavy atom. The van der Waals surface area contributed by atoms with Crippen LogP contribution in [0.2, 0.25) is 0 Å². The summed E-state index contributed by atoms with van der Waals surface area (Å²) in [6.07, 6.45) is 3.50. The number of nitrogens with zero attached hydrogens (tertiary/aromatic N) is 6. The smallest absolute Gasteiger partial charge is 0.229 e. The van der Waals surface area contributed by atoms with Crippen molar-refractivity contribution in [3.05, 3.63) is 102 Å². The van der Waals surface area contributed by atoms with Crippen LogP contribution in [0.1, 0.15) is 22.5 Å². The summed E-state index contributed by atoms with van der Waals surface area (Å²) in [7, 11) is 4.91. The van der Waals surface area contributed by atoms with Gasteiger partial charge in [0, 0.05) is 25.4 Å². The number of ether oxygens (including phenoxy) is 3. The molecule has 214 valence electrons. The predicted octanol–water partition coefficient (Wildman–Crippen LogP) is 5.92. The van der Waals surface area contributed by atoms with Crippen molar-refractivity contribution in [2.45, 2.75) is 26.9 Å². The molecule has 0 aliphatic heterocycles. The van der Waals surface area contributed by atoms with E-state index in [1.165, 1.54) is 0 Å². The zero-order chi connectivity index (χ0) is 29.5. The third kappa shape index (κ3) is 6.90. The van der Waals surface area contributed by atoms with Gasteiger partial charge in [0.05, 0.1) is 38.8 Å². The molecule has 10 heteroatoms. The van der Waals surface area contributed by atoms with Gasteiger partial charge in [-0.15, -0.1) is 0 Å². The van der Waals surface area contributed by atoms with Gasteiger partial charge in [-0.3, -0.25) is 0 Å². The first kappa shape index (κ1) is 28.3. The molecule has 0 aliphatic carbocycles. The Bertz CT molecular complexity index is 1580. The first-order chi connectivity index (χ1) is 20.4. The first-order valence-corrected chi connectivity index (χ1v) is 13.4. The highest BCUT2D eigenvalue weighted by Crippen LogP contribution is 2.29. The van der Waals surface area contributed by atoms with Crippen LogP contribution >= 0.6 is 0 Å². The van der Waals surface area contributed by atoms with Gasteiger partial charge >= 0.3 is 0 Å². The minimum atomic E-state index is 0.520. The first-order valence-electron chi connectivity index (χ1n) is 13.4. The normalized spacial score (nSPS) is 10.7. The van der Waals surface area contributed by atoms with Gasteiger partial charge in [-0.25, -0.2) is 15.0 Å². The third-order valence-electron chi connectivity index (χ3n) is 6.56. The molecule has 0 saturated heterocycles. The number of anilines is 3. The van der Waals surface area contributed by atoms with Gasteiger partial charge in [0.1, 0.15) is 23.1 Å². The Balaban J connectivity index is 1.52. The monoisotopic (exact) mass is 563 g/mol. The summed E-state index contributed by atoms with van der Waals surface area (Å²) in [5, 5.41) is 3.35. The Morgan fingerprint density at radius 2 is 1.33 bits per heavy atom. The predicted molar refractivity (Wildman–Crippen MR) is 162 cm³/mol. The average molecular weight is 564 g/mol. The number of nitrogens with one attached hydrogen (secondary N) is 1. The topological polar surface area (TPSA) is 107 Å². The van der Waals surface area contributed by atoms with Crippen molar-refractivity contribution in [2.75, 3.05) is 31.5 Å². The van der Waals surface area contributed by atoms with Crippen LogP contribution in [0, 0.1) is 13.8 Å². The fourth-order valence-corrected chi connectivity index (χ4v) is 4.38. The molecule has 0 radical (unpaired) electrons. The Hall–Kier alpha value is -5.25. The number of rotatable bonds is 11. The van der Waals surface area contributed by atoms with Gasteiger partial charge in [0.2, 0.25) is 11.8 Å². The molecule has 2 aromatic carbocycles. The third-order valence-corrected chi connectivity index (χ3v) is 6.56. The summed E-state index contributed by atoms with van der Waals surface area (Å²) in [5.41, 5.74) is 4.69. The lowest BCUT2D eigenvalue weighted by molar-refractivity contribution is 0.398. The Kier molecular flexibility index (Phi) is 8.72. The van der Waals surface area contributed by atoms with E-state index in [9.17, 15) is 0 Å². The zero-order valence-electron chi connectivity index (χ0n) is 24.3. The van der Waals surface area contributed by atoms with E-state index in [1.807, 2.05) is 74.5 Å². The van der Waals surface area contributed by atoms with Crippen molar-refractivity contribution in [1.29, 1.82) is 0 Å². The second kappa shape index (κ2) is 12.9. The van der Waals surface area contributed by atoms with Crippen LogP contribution in [-0.4, -0.2) is 46.2 Å². The summed E-state index contributed by atoms with van der Waals surface area (Å²) in [6.45, 7) is 5.02. The van der Waals surface area contributed by atoms with Crippen LogP contribution < -0.4 is 24.4 Å². The van der Waals surface area contributed by atoms with E-state index in [-0.39, 0.29) is 0 Å². The molecule has 42 heavy (non-hydrogen) atoms. The van der Waals surface area contributed by atoms with Crippen molar-refractivity contribution < 1.29 is 14.2 Å². The van der Waals surface area contributed by atoms with Crippen molar-refractivity contribution in [2.24, 2.45) is 0 Å². The summed E-state index contributed by atoms with van der Waals surface area (Å²) in [4.78, 5) is 25.5. The molecule has 0 amide bonds. The quantitative estimate of drug-likeness (QED) is 0.208. The Labute approximate surface area is 245 Å². The Morgan fingerprint density at radius 1 is 0.690 bits per heavy atom. The number of hydrogen-bond donors (Lipinski definition) is 1. The van der Waals surface area contributed by atoms with Crippen molar-refractivity contribution in [1.82, 2.24) is 24.9 Å². The molecule has 3 aromatic heterocycles. The van der Waals surface area contributed by atoms with E-state index in [2.05, 4.69) is 20.2 Å². The number of methoxy groups -OCH3 is 3. The van der Waals surface area contributed by atoms with Crippen LogP contribution in [-0.2, 0) is 13.1 Å². The maximum absolute atomic E-state index is 5.35. The van der Waals surface area contributed by atoms with Gasteiger partial charge in [-0.1, -0.05) is 24.3 Å². The average Bonchev–Trinajstić information content (AvgIpc) is 3.02. The molecule has 5 rings (SSSR count). The summed E-state index contributed by atoms with van der Waals surface area (Å²) >= 11 is 0. The maximum atomic E-state index is 5.35. The van der Waals surface area contributed by atoms with Gasteiger partial charge in [-0.2, -0.15) is 9.97 Å². The summed E-state index contributed by atoms with van der Waals surface area (Å²) < 4.78 is 15.9. The molecule has 0 saturated carbocycles. The molecular weight excluding hydrogens is 530 g/mol. The van der Waals surface area contributed by atoms with Crippen molar-refractivity contribution >= 4 is 17.5 Å². The van der Waals surface area contributed by atoms with Crippen LogP contribution in [0.4, 0.5) is 17.5 Å². The molecular formula is C32H33N7O3. The maximum Gasteiger partial charge on any atom is 0.229 e. The van der Waals surface area contributed by atoms with Gasteiger partial charge in [-0.05, 0) is 66.9 Å². The molecule has 5 aromatic rings. The summed E-state index contributed by atoms with van der Waals surface area (Å²) in [5.74, 6) is 4.43. The molecule has 0 aliphatic rings. The molecule has 1 N–H and O–H groups in total. The highest BCUT2D eigenvalue weighted by molar-refractivity contribution is 5.75. The largest absolute Gasteiger partial charge is 0.497 e. The lowest BCUT2D eigenvalue weighted by atomic mass is 10.1. The molecule has 0 spiro atoms. The second-order valence-corrected chi connectivity index (χ2v) is 9.68. The van der Waals surface area contributed by atoms with E-state index in [0.29, 0.717) is 42.4 Å². The van der Waals surface area contributed by atoms with E-state index in [4.69, 9.17) is 29.2 Å². The number of aryl methyl sites for hydroxylation is 2. The molecule has 0 bridgehead atoms. The molecule has 10 nitrogen and oxygen atoms in total. The van der Waals surface area contributed by atoms with Gasteiger partial charge in [0.15, 0.2) is 5.82 Å². The fraction of sp³-hybridized carbons (Fsp3) is 0.219. The zero-order valence-corrected chi connectivity index (χ0v) is 24.3. The van der Waals surface area contributed by atoms with E-state index >= 15 is 0 Å². The SMILES string of the molecule is COc1ccc(CN(Cc2ccc(OC)cc2)c2nc(C)nc(-c3cc(C)cnc3Nc3ccc(OC)nc3)n2)cc1. The second-order valence-electron chi connectivity index (χ2n) is 9.68. The highest BCUT2D eigenvalue weighted by atomic mass is 16.5. The van der Waals surface area contributed by atoms with Gasteiger partial charge in [0.25, 0.3) is 0 Å². The standard InChI is InChI=1S/C32H33N7O3/c1-21-16-28(30(34-17-21)37-25-10-15-29(42-5)33-18-25)31-35-22(2)36-32(38-31)39(19-23-6-11-26(40-3)12-7-23)20-24-8-13-27(41-4)14-9-24/h6-18H,19-20H2,1-5H3,(H,34,37). The van der Waals surface area contributed by atoms with Crippen LogP contribution in [0.3, 0.4) is 0 Å². The van der Waals surface area contributed by atoms with E-state index < -0.39 is 0 Å². The van der Waals surface area contributed by atoms with Crippen LogP contribution in [0.25, 0.3) is 11.4 Å². The lowest BCUT2D eigenvalue weighted by Gasteiger charge is -2.24. The molecule has 0 unspecified atom stereocenters. The number of aromatic nitrogens is 5.